The van der Waals surface area contributed by atoms with Crippen LogP contribution in [0, 0.1) is 0 Å². The maximum absolute atomic E-state index is 13.4. The minimum absolute atomic E-state index is 0.0268. The van der Waals surface area contributed by atoms with Crippen molar-refractivity contribution in [3.05, 3.63) is 58.4 Å². The second-order valence-corrected chi connectivity index (χ2v) is 9.88. The van der Waals surface area contributed by atoms with E-state index in [1.807, 2.05) is 0 Å². The van der Waals surface area contributed by atoms with Gasteiger partial charge in [-0.15, -0.1) is 0 Å². The van der Waals surface area contributed by atoms with E-state index in [1.54, 1.807) is 31.3 Å². The number of H-pyrrole nitrogens is 1. The lowest BCUT2D eigenvalue weighted by molar-refractivity contribution is 0.0665. The molecule has 0 aliphatic carbocycles. The van der Waals surface area contributed by atoms with Gasteiger partial charge in [-0.3, -0.25) is 9.59 Å². The van der Waals surface area contributed by atoms with Crippen LogP contribution in [0.3, 0.4) is 0 Å². The van der Waals surface area contributed by atoms with Crippen LogP contribution in [0.1, 0.15) is 16.3 Å². The van der Waals surface area contributed by atoms with Gasteiger partial charge in [0.2, 0.25) is 10.0 Å². The molecule has 12 heteroatoms. The number of hydrogen-bond acceptors (Lipinski definition) is 7. The topological polar surface area (TPSA) is 127 Å². The molecule has 11 nitrogen and oxygen atoms in total. The number of para-hydroxylation sites is 1. The first-order valence-corrected chi connectivity index (χ1v) is 12.3. The highest BCUT2D eigenvalue weighted by molar-refractivity contribution is 7.89. The van der Waals surface area contributed by atoms with Gasteiger partial charge in [0, 0.05) is 40.0 Å². The number of morpholine rings is 1. The van der Waals surface area contributed by atoms with E-state index in [0.717, 1.165) is 0 Å². The van der Waals surface area contributed by atoms with Crippen LogP contribution < -0.4 is 5.56 Å². The Morgan fingerprint density at radius 1 is 1.26 bits per heavy atom. The molecule has 182 valence electrons. The molecule has 0 atom stereocenters. The number of carbonyl (C=O) groups excluding carboxylic acids is 1. The summed E-state index contributed by atoms with van der Waals surface area (Å²) >= 11 is 0. The minimum atomic E-state index is -3.75. The summed E-state index contributed by atoms with van der Waals surface area (Å²) in [6.45, 7) is 1.71. The molecule has 0 spiro atoms. The van der Waals surface area contributed by atoms with Gasteiger partial charge in [-0.25, -0.2) is 13.4 Å². The van der Waals surface area contributed by atoms with Gasteiger partial charge in [0.25, 0.3) is 11.5 Å². The number of aromatic nitrogens is 3. The van der Waals surface area contributed by atoms with E-state index in [1.165, 1.54) is 33.1 Å². The summed E-state index contributed by atoms with van der Waals surface area (Å²) in [6, 6.07) is 8.33. The highest BCUT2D eigenvalue weighted by Gasteiger charge is 2.30. The van der Waals surface area contributed by atoms with Gasteiger partial charge in [-0.05, 0) is 18.2 Å². The average Bonchev–Trinajstić information content (AvgIpc) is 3.24. The Hall–Kier alpha value is -3.06. The molecule has 2 aromatic heterocycles. The van der Waals surface area contributed by atoms with E-state index in [4.69, 9.17) is 9.47 Å². The third-order valence-corrected chi connectivity index (χ3v) is 7.53. The summed E-state index contributed by atoms with van der Waals surface area (Å²) < 4.78 is 39.3. The lowest BCUT2D eigenvalue weighted by Gasteiger charge is -2.25. The molecule has 1 aliphatic heterocycles. The Morgan fingerprint density at radius 2 is 2.00 bits per heavy atom. The number of nitrogens with zero attached hydrogens (tertiary/aromatic N) is 4. The number of aromatic amines is 1. The predicted molar refractivity (Wildman–Crippen MR) is 124 cm³/mol. The molecule has 0 unspecified atom stereocenters. The van der Waals surface area contributed by atoms with Crippen molar-refractivity contribution >= 4 is 26.8 Å². The van der Waals surface area contributed by atoms with Gasteiger partial charge in [0.05, 0.1) is 37.3 Å². The van der Waals surface area contributed by atoms with Crippen LogP contribution in [0.5, 0.6) is 0 Å². The Morgan fingerprint density at radius 3 is 2.74 bits per heavy atom. The zero-order chi connectivity index (χ0) is 24.3. The lowest BCUT2D eigenvalue weighted by Crippen LogP contribution is -2.40. The third-order valence-electron chi connectivity index (χ3n) is 5.66. The predicted octanol–water partition coefficient (Wildman–Crippen LogP) is 0.571. The molecule has 1 aromatic carbocycles. The van der Waals surface area contributed by atoms with E-state index < -0.39 is 15.9 Å². The zero-order valence-corrected chi connectivity index (χ0v) is 19.9. The van der Waals surface area contributed by atoms with E-state index in [2.05, 4.69) is 9.97 Å². The average molecular weight is 490 g/mol. The molecular weight excluding hydrogens is 462 g/mol. The van der Waals surface area contributed by atoms with Crippen LogP contribution in [0.2, 0.25) is 0 Å². The summed E-state index contributed by atoms with van der Waals surface area (Å²) in [4.78, 5) is 34.6. The van der Waals surface area contributed by atoms with E-state index in [-0.39, 0.29) is 48.9 Å². The van der Waals surface area contributed by atoms with Crippen molar-refractivity contribution in [2.45, 2.75) is 11.4 Å². The first kappa shape index (κ1) is 24.1. The highest BCUT2D eigenvalue weighted by Crippen LogP contribution is 2.21. The number of aryl methyl sites for hydroxylation is 1. The standard InChI is InChI=1S/C22H27N5O6S/c1-25-14-16(34(30,31)27-8-11-33-12-9-27)13-19(25)22(29)26(7-10-32-2)15-20-23-18-6-4-3-5-17(18)21(28)24-20/h3-6,13-14H,7-12,15H2,1-2H3,(H,23,24,28). The fraction of sp³-hybridized carbons (Fsp3) is 0.409. The number of ether oxygens (including phenoxy) is 2. The molecule has 0 bridgehead atoms. The maximum atomic E-state index is 13.4. The Labute approximate surface area is 197 Å². The van der Waals surface area contributed by atoms with E-state index in [9.17, 15) is 18.0 Å². The van der Waals surface area contributed by atoms with Crippen molar-refractivity contribution in [3.8, 4) is 0 Å². The van der Waals surface area contributed by atoms with E-state index in [0.29, 0.717) is 29.9 Å². The molecule has 3 aromatic rings. The smallest absolute Gasteiger partial charge is 0.270 e. The van der Waals surface area contributed by atoms with Crippen molar-refractivity contribution in [1.29, 1.82) is 0 Å². The monoisotopic (exact) mass is 489 g/mol. The summed E-state index contributed by atoms with van der Waals surface area (Å²) in [6.07, 6.45) is 1.43. The number of carbonyl (C=O) groups is 1. The number of hydrogen-bond donors (Lipinski definition) is 1. The van der Waals surface area contributed by atoms with Crippen molar-refractivity contribution in [1.82, 2.24) is 23.7 Å². The molecule has 1 amide bonds. The van der Waals surface area contributed by atoms with Gasteiger partial charge in [-0.2, -0.15) is 4.31 Å². The Balaban J connectivity index is 1.62. The molecule has 3 heterocycles. The van der Waals surface area contributed by atoms with Crippen LogP contribution >= 0.6 is 0 Å². The van der Waals surface area contributed by atoms with Gasteiger partial charge < -0.3 is 23.9 Å². The van der Waals surface area contributed by atoms with Crippen LogP contribution in [-0.4, -0.2) is 84.6 Å². The second-order valence-electron chi connectivity index (χ2n) is 7.94. The number of methoxy groups -OCH3 is 1. The number of amides is 1. The molecule has 4 rings (SSSR count). The molecule has 0 saturated carbocycles. The number of rotatable bonds is 8. The van der Waals surface area contributed by atoms with Crippen molar-refractivity contribution in [2.24, 2.45) is 7.05 Å². The first-order valence-electron chi connectivity index (χ1n) is 10.8. The van der Waals surface area contributed by atoms with Gasteiger partial charge in [-0.1, -0.05) is 12.1 Å². The molecule has 1 fully saturated rings. The van der Waals surface area contributed by atoms with E-state index >= 15 is 0 Å². The summed E-state index contributed by atoms with van der Waals surface area (Å²) in [5, 5.41) is 0.460. The van der Waals surface area contributed by atoms with Crippen LogP contribution in [0.4, 0.5) is 0 Å². The number of benzene rings is 1. The molecule has 1 saturated heterocycles. The van der Waals surface area contributed by atoms with Crippen LogP contribution in [-0.2, 0) is 33.1 Å². The molecule has 34 heavy (non-hydrogen) atoms. The van der Waals surface area contributed by atoms with Crippen molar-refractivity contribution < 1.29 is 22.7 Å². The normalized spacial score (nSPS) is 15.0. The van der Waals surface area contributed by atoms with Crippen molar-refractivity contribution in [2.75, 3.05) is 46.6 Å². The fourth-order valence-corrected chi connectivity index (χ4v) is 5.31. The number of sulfonamides is 1. The Bertz CT molecular complexity index is 1340. The number of nitrogens with one attached hydrogen (secondary N) is 1. The SMILES string of the molecule is COCCN(Cc1nc2ccccc2c(=O)[nH]1)C(=O)c1cc(S(=O)(=O)N2CCOCC2)cn1C. The first-order chi connectivity index (χ1) is 16.3. The van der Waals surface area contributed by atoms with Crippen LogP contribution in [0.25, 0.3) is 10.9 Å². The molecule has 1 aliphatic rings. The summed E-state index contributed by atoms with van der Waals surface area (Å²) in [7, 11) is -0.608. The third kappa shape index (κ3) is 4.89. The highest BCUT2D eigenvalue weighted by atomic mass is 32.2. The molecular formula is C22H27N5O6S. The van der Waals surface area contributed by atoms with Crippen LogP contribution in [0.15, 0.2) is 46.2 Å². The number of fused-ring (bicyclic) bond motifs is 1. The maximum Gasteiger partial charge on any atom is 0.270 e. The second kappa shape index (κ2) is 10.1. The van der Waals surface area contributed by atoms with Crippen molar-refractivity contribution in [3.63, 3.8) is 0 Å². The van der Waals surface area contributed by atoms with Gasteiger partial charge in [0.1, 0.15) is 16.4 Å². The summed E-state index contributed by atoms with van der Waals surface area (Å²) in [5.74, 6) is -0.0812. The molecule has 0 radical (unpaired) electrons. The largest absolute Gasteiger partial charge is 0.383 e. The zero-order valence-electron chi connectivity index (χ0n) is 19.1. The quantitative estimate of drug-likeness (QED) is 0.490. The fourth-order valence-electron chi connectivity index (χ4n) is 3.83. The molecule has 1 N–H and O–H groups in total. The van der Waals surface area contributed by atoms with Gasteiger partial charge in [0.15, 0.2) is 0 Å². The lowest BCUT2D eigenvalue weighted by atomic mass is 10.2. The van der Waals surface area contributed by atoms with Gasteiger partial charge >= 0.3 is 0 Å². The Kier molecular flexibility index (Phi) is 7.12. The summed E-state index contributed by atoms with van der Waals surface area (Å²) in [5.41, 5.74) is 0.432. The minimum Gasteiger partial charge on any atom is -0.383 e.